The summed E-state index contributed by atoms with van der Waals surface area (Å²) in [5, 5.41) is 15.1. The molecule has 0 heterocycles. The summed E-state index contributed by atoms with van der Waals surface area (Å²) >= 11 is 0. The van der Waals surface area contributed by atoms with Crippen molar-refractivity contribution in [3.63, 3.8) is 0 Å². The van der Waals surface area contributed by atoms with Gasteiger partial charge in [-0.2, -0.15) is 5.10 Å². The Morgan fingerprint density at radius 1 is 1.00 bits per heavy atom. The molecule has 0 aromatic heterocycles. The van der Waals surface area contributed by atoms with Gasteiger partial charge in [-0.1, -0.05) is 24.3 Å². The summed E-state index contributed by atoms with van der Waals surface area (Å²) in [5.41, 5.74) is 2.39. The number of hydrazone groups is 1. The van der Waals surface area contributed by atoms with Crippen LogP contribution in [0.4, 0.5) is 11.4 Å². The SMILES string of the molecule is COc1cc(/C=N\NC(=O)CN(c2cccc([N+](=O)[O-])c2)S(=O)(=O)c2ccccc2)cc(OC)c1OC. The van der Waals surface area contributed by atoms with Gasteiger partial charge in [0.25, 0.3) is 21.6 Å². The Morgan fingerprint density at radius 2 is 1.65 bits per heavy atom. The van der Waals surface area contributed by atoms with Crippen molar-refractivity contribution >= 4 is 33.5 Å². The molecule has 0 fully saturated rings. The molecule has 0 saturated heterocycles. The predicted molar refractivity (Wildman–Crippen MR) is 136 cm³/mol. The van der Waals surface area contributed by atoms with Crippen LogP contribution in [-0.4, -0.2) is 53.3 Å². The van der Waals surface area contributed by atoms with Crippen molar-refractivity contribution in [3.05, 3.63) is 82.4 Å². The minimum atomic E-state index is -4.24. The van der Waals surface area contributed by atoms with E-state index in [0.29, 0.717) is 22.8 Å². The van der Waals surface area contributed by atoms with Crippen LogP contribution in [0.1, 0.15) is 5.56 Å². The van der Waals surface area contributed by atoms with Gasteiger partial charge in [-0.25, -0.2) is 13.8 Å². The molecule has 0 spiro atoms. The number of nitrogens with zero attached hydrogens (tertiary/aromatic N) is 3. The molecule has 0 aliphatic carbocycles. The molecule has 3 rings (SSSR count). The van der Waals surface area contributed by atoms with Crippen molar-refractivity contribution in [2.24, 2.45) is 5.10 Å². The van der Waals surface area contributed by atoms with Crippen molar-refractivity contribution in [1.29, 1.82) is 0 Å². The zero-order valence-corrected chi connectivity index (χ0v) is 21.0. The number of nitro groups is 1. The zero-order chi connectivity index (χ0) is 27.0. The Morgan fingerprint density at radius 3 is 2.22 bits per heavy atom. The third kappa shape index (κ3) is 6.32. The first-order valence-corrected chi connectivity index (χ1v) is 12.1. The van der Waals surface area contributed by atoms with E-state index in [1.165, 1.54) is 70.0 Å². The highest BCUT2D eigenvalue weighted by Crippen LogP contribution is 2.37. The molecule has 0 radical (unpaired) electrons. The largest absolute Gasteiger partial charge is 0.493 e. The Bertz CT molecular complexity index is 1390. The smallest absolute Gasteiger partial charge is 0.271 e. The van der Waals surface area contributed by atoms with E-state index in [4.69, 9.17) is 14.2 Å². The predicted octanol–water partition coefficient (Wildman–Crippen LogP) is 2.97. The normalized spacial score (nSPS) is 11.1. The van der Waals surface area contributed by atoms with Gasteiger partial charge in [0.15, 0.2) is 11.5 Å². The fourth-order valence-corrected chi connectivity index (χ4v) is 4.75. The van der Waals surface area contributed by atoms with Crippen LogP contribution in [0.25, 0.3) is 0 Å². The fourth-order valence-electron chi connectivity index (χ4n) is 3.32. The quantitative estimate of drug-likeness (QED) is 0.227. The van der Waals surface area contributed by atoms with Gasteiger partial charge in [0.2, 0.25) is 5.75 Å². The number of sulfonamides is 1. The van der Waals surface area contributed by atoms with Crippen molar-refractivity contribution in [1.82, 2.24) is 5.43 Å². The van der Waals surface area contributed by atoms with Gasteiger partial charge in [-0.3, -0.25) is 19.2 Å². The van der Waals surface area contributed by atoms with Crippen molar-refractivity contribution in [3.8, 4) is 17.2 Å². The molecular formula is C24H24N4O8S. The van der Waals surface area contributed by atoms with E-state index in [1.54, 1.807) is 18.2 Å². The van der Waals surface area contributed by atoms with Gasteiger partial charge in [-0.05, 0) is 30.3 Å². The number of non-ortho nitro benzene ring substituents is 1. The molecule has 1 N–H and O–H groups in total. The van der Waals surface area contributed by atoms with Crippen LogP contribution in [0.15, 0.2) is 76.7 Å². The molecule has 0 unspecified atom stereocenters. The van der Waals surface area contributed by atoms with E-state index in [-0.39, 0.29) is 16.3 Å². The second-order valence-corrected chi connectivity index (χ2v) is 9.22. The lowest BCUT2D eigenvalue weighted by Gasteiger charge is -2.23. The molecular weight excluding hydrogens is 504 g/mol. The summed E-state index contributed by atoms with van der Waals surface area (Å²) in [6, 6.07) is 15.6. The number of hydrogen-bond donors (Lipinski definition) is 1. The maximum absolute atomic E-state index is 13.3. The minimum Gasteiger partial charge on any atom is -0.493 e. The Kier molecular flexibility index (Phi) is 8.64. The van der Waals surface area contributed by atoms with Gasteiger partial charge in [-0.15, -0.1) is 0 Å². The topological polar surface area (TPSA) is 150 Å². The van der Waals surface area contributed by atoms with Crippen LogP contribution in [-0.2, 0) is 14.8 Å². The Hall–Kier alpha value is -4.65. The monoisotopic (exact) mass is 528 g/mol. The highest BCUT2D eigenvalue weighted by Gasteiger charge is 2.28. The summed E-state index contributed by atoms with van der Waals surface area (Å²) in [5.74, 6) is 0.348. The molecule has 3 aromatic rings. The number of amides is 1. The lowest BCUT2D eigenvalue weighted by molar-refractivity contribution is -0.384. The van der Waals surface area contributed by atoms with Crippen LogP contribution in [0.3, 0.4) is 0 Å². The van der Waals surface area contributed by atoms with E-state index in [2.05, 4.69) is 10.5 Å². The number of benzene rings is 3. The number of ether oxygens (including phenoxy) is 3. The number of hydrogen-bond acceptors (Lipinski definition) is 9. The summed E-state index contributed by atoms with van der Waals surface area (Å²) in [6.45, 7) is -0.689. The minimum absolute atomic E-state index is 0.0539. The van der Waals surface area contributed by atoms with Crippen LogP contribution < -0.4 is 23.9 Å². The molecule has 194 valence electrons. The average molecular weight is 529 g/mol. The number of methoxy groups -OCH3 is 3. The molecule has 3 aromatic carbocycles. The fraction of sp³-hybridized carbons (Fsp3) is 0.167. The summed E-state index contributed by atoms with van der Waals surface area (Å²) in [4.78, 5) is 23.2. The number of anilines is 1. The van der Waals surface area contributed by atoms with Gasteiger partial charge in [0.05, 0.1) is 43.1 Å². The molecule has 0 bridgehead atoms. The Labute approximate surface area is 213 Å². The van der Waals surface area contributed by atoms with Gasteiger partial charge in [0, 0.05) is 17.7 Å². The lowest BCUT2D eigenvalue weighted by atomic mass is 10.2. The van der Waals surface area contributed by atoms with Gasteiger partial charge >= 0.3 is 0 Å². The van der Waals surface area contributed by atoms with Crippen LogP contribution in [0.2, 0.25) is 0 Å². The van der Waals surface area contributed by atoms with Gasteiger partial charge in [0.1, 0.15) is 6.54 Å². The average Bonchev–Trinajstić information content (AvgIpc) is 2.91. The van der Waals surface area contributed by atoms with E-state index in [0.717, 1.165) is 10.4 Å². The maximum atomic E-state index is 13.3. The highest BCUT2D eigenvalue weighted by molar-refractivity contribution is 7.92. The standard InChI is InChI=1S/C24H24N4O8S/c1-34-21-12-17(13-22(35-2)24(21)36-3)15-25-26-23(29)16-27(18-8-7-9-19(14-18)28(30)31)37(32,33)20-10-5-4-6-11-20/h4-15H,16H2,1-3H3,(H,26,29)/b25-15-. The molecule has 12 nitrogen and oxygen atoms in total. The first-order valence-electron chi connectivity index (χ1n) is 10.7. The molecule has 13 heteroatoms. The second-order valence-electron chi connectivity index (χ2n) is 7.35. The van der Waals surface area contributed by atoms with E-state index in [1.807, 2.05) is 0 Å². The molecule has 0 saturated carbocycles. The van der Waals surface area contributed by atoms with Crippen molar-refractivity contribution < 1.29 is 32.3 Å². The molecule has 0 aliphatic heterocycles. The molecule has 0 aliphatic rings. The van der Waals surface area contributed by atoms with E-state index in [9.17, 15) is 23.3 Å². The van der Waals surface area contributed by atoms with Crippen LogP contribution in [0.5, 0.6) is 17.2 Å². The summed E-state index contributed by atoms with van der Waals surface area (Å²) in [7, 11) is 0.128. The van der Waals surface area contributed by atoms with Gasteiger partial charge < -0.3 is 14.2 Å². The number of carbonyl (C=O) groups is 1. The zero-order valence-electron chi connectivity index (χ0n) is 20.2. The first-order chi connectivity index (χ1) is 17.7. The lowest BCUT2D eigenvalue weighted by Crippen LogP contribution is -2.39. The van der Waals surface area contributed by atoms with Crippen molar-refractivity contribution in [2.75, 3.05) is 32.2 Å². The van der Waals surface area contributed by atoms with Crippen LogP contribution in [0, 0.1) is 10.1 Å². The summed E-state index contributed by atoms with van der Waals surface area (Å²) in [6.07, 6.45) is 1.31. The molecule has 1 amide bonds. The Balaban J connectivity index is 1.88. The third-order valence-corrected chi connectivity index (χ3v) is 6.82. The van der Waals surface area contributed by atoms with E-state index < -0.39 is 27.4 Å². The van der Waals surface area contributed by atoms with Crippen LogP contribution >= 0.6 is 0 Å². The molecule has 0 atom stereocenters. The highest BCUT2D eigenvalue weighted by atomic mass is 32.2. The number of nitrogens with one attached hydrogen (secondary N) is 1. The van der Waals surface area contributed by atoms with E-state index >= 15 is 0 Å². The second kappa shape index (κ2) is 11.9. The number of carbonyl (C=O) groups excluding carboxylic acids is 1. The summed E-state index contributed by atoms with van der Waals surface area (Å²) < 4.78 is 43.3. The first kappa shape index (κ1) is 26.9. The third-order valence-electron chi connectivity index (χ3n) is 5.04. The maximum Gasteiger partial charge on any atom is 0.271 e. The number of nitro benzene ring substituents is 1. The number of rotatable bonds is 11. The molecule has 37 heavy (non-hydrogen) atoms. The van der Waals surface area contributed by atoms with Crippen molar-refractivity contribution in [2.45, 2.75) is 4.90 Å².